The van der Waals surface area contributed by atoms with Crippen molar-refractivity contribution in [2.45, 2.75) is 6.92 Å². The molecule has 4 amide bonds. The van der Waals surface area contributed by atoms with Crippen molar-refractivity contribution in [2.24, 2.45) is 0 Å². The van der Waals surface area contributed by atoms with Crippen LogP contribution in [0.1, 0.15) is 44.3 Å². The fourth-order valence-corrected chi connectivity index (χ4v) is 8.21. The van der Waals surface area contributed by atoms with E-state index in [4.69, 9.17) is 0 Å². The summed E-state index contributed by atoms with van der Waals surface area (Å²) in [5, 5.41) is 20.9. The Hall–Kier alpha value is -3.75. The van der Waals surface area contributed by atoms with Crippen LogP contribution in [0.2, 0.25) is 0 Å². The molecule has 0 saturated carbocycles. The number of nitriles is 2. The number of rotatable bonds is 1. The molecule has 0 saturated heterocycles. The summed E-state index contributed by atoms with van der Waals surface area (Å²) < 4.78 is 3.53. The van der Waals surface area contributed by atoms with Crippen molar-refractivity contribution in [3.05, 3.63) is 75.2 Å². The minimum absolute atomic E-state index is 0.198. The van der Waals surface area contributed by atoms with Gasteiger partial charge >= 0.3 is 0 Å². The number of fused-ring (bicyclic) bond motifs is 7. The number of hydrogen-bond donors (Lipinski definition) is 0. The van der Waals surface area contributed by atoms with Crippen LogP contribution in [0, 0.1) is 20.7 Å². The molecular formula is C28H16I2N4O4. The highest BCUT2D eigenvalue weighted by Crippen LogP contribution is 2.42. The summed E-state index contributed by atoms with van der Waals surface area (Å²) in [6, 6.07) is 7.00. The molecule has 0 radical (unpaired) electrons. The number of halogens is 2. The topological polar surface area (TPSA) is 122 Å². The van der Waals surface area contributed by atoms with Crippen molar-refractivity contribution in [1.29, 1.82) is 10.5 Å². The Labute approximate surface area is 240 Å². The van der Waals surface area contributed by atoms with E-state index in [1.807, 2.05) is 0 Å². The lowest BCUT2D eigenvalue weighted by Crippen LogP contribution is -2.50. The number of hydrogen-bond acceptors (Lipinski definition) is 6. The summed E-state index contributed by atoms with van der Waals surface area (Å²) in [5.74, 6) is -1.97. The van der Waals surface area contributed by atoms with Crippen LogP contribution in [0.4, 0.5) is 0 Å². The minimum atomic E-state index is -1.29. The zero-order valence-electron chi connectivity index (χ0n) is 20.3. The number of nitrogens with zero attached hydrogens (tertiary/aromatic N) is 4. The van der Waals surface area contributed by atoms with E-state index in [0.717, 1.165) is 9.80 Å². The standard InChI is InChI=1S/C28H16I2N4O4/c1-5-13-19-16(27(37)33(3)25(13)35)8-7-15-18-12(10-31)9-17-20(14(6-2)26(36)34(4)28(17)38)22(18)23(29)24(21(15)19)30-11-32/h5-9H,2H2,1,3-4H3/b13-5+. The van der Waals surface area contributed by atoms with E-state index in [1.165, 1.54) is 26.2 Å². The largest absolute Gasteiger partial charge is 0.277 e. The van der Waals surface area contributed by atoms with Gasteiger partial charge in [0.2, 0.25) is 0 Å². The van der Waals surface area contributed by atoms with E-state index in [2.05, 4.69) is 39.3 Å². The smallest absolute Gasteiger partial charge is 0.261 e. The van der Waals surface area contributed by atoms with Crippen molar-refractivity contribution in [3.8, 4) is 21.3 Å². The monoisotopic (exact) mass is 726 g/mol. The molecule has 2 aromatic rings. The Morgan fingerprint density at radius 2 is 1.53 bits per heavy atom. The van der Waals surface area contributed by atoms with Crippen LogP contribution in [0.5, 0.6) is 0 Å². The Bertz CT molecular complexity index is 1890. The van der Waals surface area contributed by atoms with E-state index >= 15 is 0 Å². The molecule has 186 valence electrons. The zero-order valence-corrected chi connectivity index (χ0v) is 24.6. The predicted octanol–water partition coefficient (Wildman–Crippen LogP) is 2.72. The number of allylic oxidation sites excluding steroid dienone is 1. The van der Waals surface area contributed by atoms with Gasteiger partial charge in [-0.25, -0.2) is 0 Å². The molecule has 0 aromatic heterocycles. The first-order valence-electron chi connectivity index (χ1n) is 11.2. The number of benzene rings is 2. The third-order valence-electron chi connectivity index (χ3n) is 6.86. The molecule has 1 aliphatic carbocycles. The van der Waals surface area contributed by atoms with Gasteiger partial charge < -0.3 is 0 Å². The Morgan fingerprint density at radius 3 is 2.13 bits per heavy atom. The van der Waals surface area contributed by atoms with E-state index in [9.17, 15) is 29.7 Å². The van der Waals surface area contributed by atoms with Crippen LogP contribution in [0.25, 0.3) is 25.9 Å². The van der Waals surface area contributed by atoms with Crippen molar-refractivity contribution in [2.75, 3.05) is 14.1 Å². The molecule has 2 heterocycles. The van der Waals surface area contributed by atoms with Gasteiger partial charge in [0.25, 0.3) is 23.6 Å². The van der Waals surface area contributed by atoms with E-state index < -0.39 is 44.4 Å². The first-order valence-corrected chi connectivity index (χ1v) is 14.4. The Kier molecular flexibility index (Phi) is 6.28. The average Bonchev–Trinajstić information content (AvgIpc) is 2.92. The maximum atomic E-state index is 13.2. The zero-order chi connectivity index (χ0) is 27.6. The minimum Gasteiger partial charge on any atom is -0.277 e. The molecule has 0 unspecified atom stereocenters. The molecule has 0 fully saturated rings. The molecule has 0 spiro atoms. The first kappa shape index (κ1) is 25.9. The van der Waals surface area contributed by atoms with Gasteiger partial charge in [-0.1, -0.05) is 24.8 Å². The molecule has 0 N–H and O–H groups in total. The third-order valence-corrected chi connectivity index (χ3v) is 10.8. The lowest BCUT2D eigenvalue weighted by molar-refractivity contribution is -0.122. The fraction of sp³-hybridized carbons (Fsp3) is 0.107. The lowest BCUT2D eigenvalue weighted by Gasteiger charge is -2.31. The molecule has 38 heavy (non-hydrogen) atoms. The average molecular weight is 726 g/mol. The molecule has 2 aromatic carbocycles. The van der Waals surface area contributed by atoms with Crippen LogP contribution < -0.4 is 10.4 Å². The summed E-state index contributed by atoms with van der Waals surface area (Å²) in [6.45, 7) is 5.51. The number of imide groups is 2. The summed E-state index contributed by atoms with van der Waals surface area (Å²) >= 11 is 0.793. The Balaban J connectivity index is 2.11. The van der Waals surface area contributed by atoms with Gasteiger partial charge in [0.15, 0.2) is 0 Å². The van der Waals surface area contributed by atoms with Crippen molar-refractivity contribution < 1.29 is 19.2 Å². The van der Waals surface area contributed by atoms with Gasteiger partial charge in [-0.2, -0.15) is 10.5 Å². The lowest BCUT2D eigenvalue weighted by atomic mass is 9.78. The molecule has 10 heteroatoms. The van der Waals surface area contributed by atoms with Crippen molar-refractivity contribution in [1.82, 2.24) is 9.80 Å². The fourth-order valence-electron chi connectivity index (χ4n) is 5.14. The second kappa shape index (κ2) is 9.22. The predicted molar refractivity (Wildman–Crippen MR) is 158 cm³/mol. The van der Waals surface area contributed by atoms with Gasteiger partial charge in [-0.05, 0) is 47.2 Å². The maximum absolute atomic E-state index is 13.2. The van der Waals surface area contributed by atoms with Gasteiger partial charge in [-0.3, -0.25) is 29.0 Å². The quantitative estimate of drug-likeness (QED) is 0.253. The third kappa shape index (κ3) is 3.26. The van der Waals surface area contributed by atoms with Gasteiger partial charge in [0.1, 0.15) is 4.08 Å². The molecule has 2 aliphatic heterocycles. The number of carbonyl (C=O) groups excluding carboxylic acids is 4. The summed E-state index contributed by atoms with van der Waals surface area (Å²) in [5.41, 5.74) is 3.32. The van der Waals surface area contributed by atoms with Crippen LogP contribution in [-0.4, -0.2) is 51.0 Å². The summed E-state index contributed by atoms with van der Waals surface area (Å²) in [7, 11) is 2.80. The molecule has 8 nitrogen and oxygen atoms in total. The van der Waals surface area contributed by atoms with Gasteiger partial charge in [-0.15, -0.1) is 0 Å². The summed E-state index contributed by atoms with van der Waals surface area (Å²) in [4.78, 5) is 54.6. The molecule has 5 rings (SSSR count). The molecule has 3 aliphatic rings. The van der Waals surface area contributed by atoms with E-state index in [0.29, 0.717) is 50.9 Å². The van der Waals surface area contributed by atoms with Crippen molar-refractivity contribution >= 4 is 85.2 Å². The van der Waals surface area contributed by atoms with Crippen LogP contribution in [0.3, 0.4) is 0 Å². The second-order valence-corrected chi connectivity index (χ2v) is 11.8. The number of amides is 4. The van der Waals surface area contributed by atoms with Gasteiger partial charge in [0, 0.05) is 85.8 Å². The van der Waals surface area contributed by atoms with Crippen LogP contribution in [-0.2, 0) is 9.59 Å². The second-order valence-electron chi connectivity index (χ2n) is 8.58. The summed E-state index contributed by atoms with van der Waals surface area (Å²) in [6.07, 6.45) is 3.04. The Morgan fingerprint density at radius 1 is 0.895 bits per heavy atom. The van der Waals surface area contributed by atoms with Gasteiger partial charge in [0.05, 0.1) is 17.2 Å². The number of likely N-dealkylation sites (N-methyl/N-ethyl adjacent to an activating group) is 1. The normalized spacial score (nSPS) is 18.4. The van der Waals surface area contributed by atoms with Crippen LogP contribution in [0.15, 0.2) is 36.9 Å². The van der Waals surface area contributed by atoms with E-state index in [1.54, 1.807) is 25.1 Å². The molecule has 0 atom stereocenters. The highest BCUT2D eigenvalue weighted by Gasteiger charge is 2.39. The SMILES string of the molecule is C=CC1=c2c(cc(C#N)c3c2=C(I)/C(=I\C#N)c2c-3ccc3c2/C(=C\C)C(=O)N(C)C3=O)C(=O)N(C)C1=O. The number of carbonyl (C=O) groups is 4. The maximum Gasteiger partial charge on any atom is 0.261 e. The van der Waals surface area contributed by atoms with E-state index in [-0.39, 0.29) is 16.7 Å². The molecule has 0 bridgehead atoms. The highest BCUT2D eigenvalue weighted by atomic mass is 127. The van der Waals surface area contributed by atoms with Crippen molar-refractivity contribution in [3.63, 3.8) is 0 Å². The highest BCUT2D eigenvalue weighted by molar-refractivity contribution is 14.2. The molecular weight excluding hydrogens is 710 g/mol. The first-order chi connectivity index (χ1) is 18.1. The van der Waals surface area contributed by atoms with Crippen LogP contribution >= 0.6 is 43.3 Å².